The standard InChI is InChI=1S/C21H27ClN2O7/c1-4-29-17-13-15(12-16(22)20(17)28-3)6-7-19(26)31-14-18(25)23-8-10-24(11-9-23)21(27)30-5-2/h6-7,12-13H,4-5,8-11,14H2,1-3H3/b7-6+. The van der Waals surface area contributed by atoms with Gasteiger partial charge in [-0.2, -0.15) is 0 Å². The van der Waals surface area contributed by atoms with Crippen LogP contribution in [0.4, 0.5) is 4.79 Å². The molecule has 0 spiro atoms. The molecule has 0 aliphatic carbocycles. The molecule has 1 aromatic rings. The Morgan fingerprint density at radius 1 is 1.03 bits per heavy atom. The lowest BCUT2D eigenvalue weighted by atomic mass is 10.2. The highest BCUT2D eigenvalue weighted by molar-refractivity contribution is 6.32. The Hall–Kier alpha value is -2.94. The third-order valence-corrected chi connectivity index (χ3v) is 4.72. The van der Waals surface area contributed by atoms with Crippen molar-refractivity contribution in [3.63, 3.8) is 0 Å². The van der Waals surface area contributed by atoms with E-state index in [0.29, 0.717) is 61.5 Å². The predicted octanol–water partition coefficient (Wildman–Crippen LogP) is 2.60. The van der Waals surface area contributed by atoms with E-state index in [2.05, 4.69) is 0 Å². The van der Waals surface area contributed by atoms with Gasteiger partial charge in [-0.05, 0) is 37.6 Å². The molecule has 2 rings (SSSR count). The molecule has 0 saturated carbocycles. The van der Waals surface area contributed by atoms with Crippen LogP contribution in [-0.2, 0) is 19.1 Å². The fourth-order valence-corrected chi connectivity index (χ4v) is 3.23. The van der Waals surface area contributed by atoms with E-state index < -0.39 is 12.1 Å². The van der Waals surface area contributed by atoms with Crippen LogP contribution >= 0.6 is 11.6 Å². The maximum atomic E-state index is 12.3. The summed E-state index contributed by atoms with van der Waals surface area (Å²) in [5.74, 6) is -0.112. The SMILES string of the molecule is CCOC(=O)N1CCN(C(=O)COC(=O)/C=C/c2cc(Cl)c(OC)c(OCC)c2)CC1. The Balaban J connectivity index is 1.85. The lowest BCUT2D eigenvalue weighted by Gasteiger charge is -2.33. The van der Waals surface area contributed by atoms with Crippen molar-refractivity contribution in [2.75, 3.05) is 53.1 Å². The van der Waals surface area contributed by atoms with Gasteiger partial charge in [0.2, 0.25) is 0 Å². The maximum absolute atomic E-state index is 12.3. The third kappa shape index (κ3) is 7.06. The van der Waals surface area contributed by atoms with Crippen LogP contribution in [0.3, 0.4) is 0 Å². The fourth-order valence-electron chi connectivity index (χ4n) is 2.93. The quantitative estimate of drug-likeness (QED) is 0.440. The number of carbonyl (C=O) groups excluding carboxylic acids is 3. The Bertz CT molecular complexity index is 820. The second-order valence-electron chi connectivity index (χ2n) is 6.47. The third-order valence-electron chi connectivity index (χ3n) is 4.44. The van der Waals surface area contributed by atoms with E-state index in [0.717, 1.165) is 0 Å². The van der Waals surface area contributed by atoms with Gasteiger partial charge in [0, 0.05) is 32.3 Å². The molecule has 1 saturated heterocycles. The van der Waals surface area contributed by atoms with Crippen molar-refractivity contribution in [2.24, 2.45) is 0 Å². The first kappa shape index (κ1) is 24.3. The average Bonchev–Trinajstić information content (AvgIpc) is 2.76. The topological polar surface area (TPSA) is 94.6 Å². The van der Waals surface area contributed by atoms with Crippen molar-refractivity contribution in [3.05, 3.63) is 28.8 Å². The van der Waals surface area contributed by atoms with Gasteiger partial charge in [0.15, 0.2) is 18.1 Å². The first-order valence-corrected chi connectivity index (χ1v) is 10.3. The number of piperazine rings is 1. The van der Waals surface area contributed by atoms with Crippen LogP contribution in [0.5, 0.6) is 11.5 Å². The molecule has 170 valence electrons. The number of hydrogen-bond acceptors (Lipinski definition) is 7. The second kappa shape index (κ2) is 12.0. The van der Waals surface area contributed by atoms with Crippen LogP contribution < -0.4 is 9.47 Å². The number of halogens is 1. The number of hydrogen-bond donors (Lipinski definition) is 0. The molecular formula is C21H27ClN2O7. The Morgan fingerprint density at radius 3 is 2.32 bits per heavy atom. The van der Waals surface area contributed by atoms with Gasteiger partial charge in [-0.25, -0.2) is 9.59 Å². The van der Waals surface area contributed by atoms with Gasteiger partial charge in [-0.3, -0.25) is 4.79 Å². The smallest absolute Gasteiger partial charge is 0.409 e. The number of ether oxygens (including phenoxy) is 4. The highest BCUT2D eigenvalue weighted by Crippen LogP contribution is 2.36. The summed E-state index contributed by atoms with van der Waals surface area (Å²) in [4.78, 5) is 39.0. The highest BCUT2D eigenvalue weighted by atomic mass is 35.5. The zero-order valence-corrected chi connectivity index (χ0v) is 18.6. The molecule has 0 N–H and O–H groups in total. The molecule has 1 fully saturated rings. The monoisotopic (exact) mass is 454 g/mol. The number of carbonyl (C=O) groups is 3. The van der Waals surface area contributed by atoms with E-state index in [1.165, 1.54) is 19.3 Å². The van der Waals surface area contributed by atoms with Crippen LogP contribution in [0.1, 0.15) is 19.4 Å². The minimum atomic E-state index is -0.664. The lowest BCUT2D eigenvalue weighted by molar-refractivity contribution is -0.148. The largest absolute Gasteiger partial charge is 0.491 e. The van der Waals surface area contributed by atoms with Crippen molar-refractivity contribution in [3.8, 4) is 11.5 Å². The number of benzene rings is 1. The van der Waals surface area contributed by atoms with Gasteiger partial charge in [0.05, 0.1) is 25.3 Å². The maximum Gasteiger partial charge on any atom is 0.409 e. The van der Waals surface area contributed by atoms with E-state index in [1.54, 1.807) is 28.9 Å². The van der Waals surface area contributed by atoms with Crippen molar-refractivity contribution < 1.29 is 33.3 Å². The summed E-state index contributed by atoms with van der Waals surface area (Å²) in [7, 11) is 1.49. The van der Waals surface area contributed by atoms with E-state index in [9.17, 15) is 14.4 Å². The number of methoxy groups -OCH3 is 1. The van der Waals surface area contributed by atoms with E-state index >= 15 is 0 Å². The minimum absolute atomic E-state index is 0.303. The molecule has 1 aliphatic heterocycles. The summed E-state index contributed by atoms with van der Waals surface area (Å²) in [6, 6.07) is 3.31. The zero-order chi connectivity index (χ0) is 22.8. The van der Waals surface area contributed by atoms with Crippen LogP contribution in [0.2, 0.25) is 5.02 Å². The Kier molecular flexibility index (Phi) is 9.45. The van der Waals surface area contributed by atoms with Crippen molar-refractivity contribution in [2.45, 2.75) is 13.8 Å². The molecule has 0 unspecified atom stereocenters. The Morgan fingerprint density at radius 2 is 1.71 bits per heavy atom. The predicted molar refractivity (Wildman–Crippen MR) is 114 cm³/mol. The Labute approximate surface area is 186 Å². The number of amides is 2. The van der Waals surface area contributed by atoms with Crippen molar-refractivity contribution in [1.29, 1.82) is 0 Å². The molecule has 10 heteroatoms. The molecule has 1 aromatic carbocycles. The minimum Gasteiger partial charge on any atom is -0.491 e. The van der Waals surface area contributed by atoms with Gasteiger partial charge in [0.1, 0.15) is 0 Å². The molecular weight excluding hydrogens is 428 g/mol. The van der Waals surface area contributed by atoms with Gasteiger partial charge < -0.3 is 28.7 Å². The summed E-state index contributed by atoms with van der Waals surface area (Å²) < 4.78 is 20.7. The molecule has 0 radical (unpaired) electrons. The molecule has 0 aromatic heterocycles. The van der Waals surface area contributed by atoms with Crippen LogP contribution in [-0.4, -0.2) is 80.9 Å². The van der Waals surface area contributed by atoms with Gasteiger partial charge in [-0.1, -0.05) is 11.6 Å². The van der Waals surface area contributed by atoms with E-state index in [1.807, 2.05) is 6.92 Å². The number of nitrogens with zero attached hydrogens (tertiary/aromatic N) is 2. The zero-order valence-electron chi connectivity index (χ0n) is 17.9. The molecule has 0 atom stereocenters. The molecule has 9 nitrogen and oxygen atoms in total. The number of esters is 1. The van der Waals surface area contributed by atoms with E-state index in [4.69, 9.17) is 30.5 Å². The average molecular weight is 455 g/mol. The van der Waals surface area contributed by atoms with Crippen LogP contribution in [0.15, 0.2) is 18.2 Å². The summed E-state index contributed by atoms with van der Waals surface area (Å²) in [6.07, 6.45) is 2.33. The number of rotatable bonds is 8. The van der Waals surface area contributed by atoms with Crippen molar-refractivity contribution in [1.82, 2.24) is 9.80 Å². The first-order chi connectivity index (χ1) is 14.9. The molecule has 0 bridgehead atoms. The summed E-state index contributed by atoms with van der Waals surface area (Å²) >= 11 is 6.18. The summed E-state index contributed by atoms with van der Waals surface area (Å²) in [5.41, 5.74) is 0.618. The molecule has 31 heavy (non-hydrogen) atoms. The first-order valence-electron chi connectivity index (χ1n) is 9.94. The summed E-state index contributed by atoms with van der Waals surface area (Å²) in [6.45, 7) is 5.39. The second-order valence-corrected chi connectivity index (χ2v) is 6.88. The molecule has 2 amide bonds. The van der Waals surface area contributed by atoms with Gasteiger partial charge in [-0.15, -0.1) is 0 Å². The van der Waals surface area contributed by atoms with E-state index in [-0.39, 0.29) is 12.5 Å². The lowest BCUT2D eigenvalue weighted by Crippen LogP contribution is -2.51. The van der Waals surface area contributed by atoms with Gasteiger partial charge >= 0.3 is 12.1 Å². The van der Waals surface area contributed by atoms with Crippen LogP contribution in [0.25, 0.3) is 6.08 Å². The normalized spacial score (nSPS) is 13.8. The van der Waals surface area contributed by atoms with Crippen molar-refractivity contribution >= 4 is 35.6 Å². The van der Waals surface area contributed by atoms with Gasteiger partial charge in [0.25, 0.3) is 5.91 Å². The fraction of sp³-hybridized carbons (Fsp3) is 0.476. The van der Waals surface area contributed by atoms with Crippen LogP contribution in [0, 0.1) is 0 Å². The highest BCUT2D eigenvalue weighted by Gasteiger charge is 2.25. The molecule has 1 aliphatic rings. The summed E-state index contributed by atoms with van der Waals surface area (Å²) in [5, 5.41) is 0.346. The molecule has 1 heterocycles.